The van der Waals surface area contributed by atoms with Crippen molar-refractivity contribution in [3.05, 3.63) is 53.1 Å². The Morgan fingerprint density at radius 1 is 1.37 bits per heavy atom. The molecule has 4 nitrogen and oxygen atoms in total. The maximum Gasteiger partial charge on any atom is 0.122 e. The van der Waals surface area contributed by atoms with Crippen LogP contribution >= 0.6 is 0 Å². The summed E-state index contributed by atoms with van der Waals surface area (Å²) in [5.74, 6) is 1.14. The summed E-state index contributed by atoms with van der Waals surface area (Å²) >= 11 is 0. The minimum atomic E-state index is 0.732. The second-order valence-electron chi connectivity index (χ2n) is 5.00. The molecule has 96 valence electrons. The highest BCUT2D eigenvalue weighted by atomic mass is 15.2. The number of nitrogens with zero attached hydrogens (tertiary/aromatic N) is 4. The largest absolute Gasteiger partial charge is 0.333 e. The van der Waals surface area contributed by atoms with Crippen molar-refractivity contribution >= 4 is 0 Å². The van der Waals surface area contributed by atoms with E-state index in [0.29, 0.717) is 0 Å². The van der Waals surface area contributed by atoms with Crippen LogP contribution < -0.4 is 0 Å². The van der Waals surface area contributed by atoms with Crippen molar-refractivity contribution in [1.29, 1.82) is 5.26 Å². The summed E-state index contributed by atoms with van der Waals surface area (Å²) in [6.07, 6.45) is 3.91. The van der Waals surface area contributed by atoms with E-state index >= 15 is 0 Å². The molecule has 3 rings (SSSR count). The predicted octanol–water partition coefficient (Wildman–Crippen LogP) is 2.08. The molecule has 1 aromatic heterocycles. The molecule has 19 heavy (non-hydrogen) atoms. The number of fused-ring (bicyclic) bond motifs is 1. The molecular weight excluding hydrogens is 236 g/mol. The third-order valence-electron chi connectivity index (χ3n) is 3.69. The third kappa shape index (κ3) is 2.38. The smallest absolute Gasteiger partial charge is 0.122 e. The first-order valence-electron chi connectivity index (χ1n) is 6.48. The molecule has 0 aliphatic carbocycles. The minimum absolute atomic E-state index is 0.732. The molecule has 0 unspecified atom stereocenters. The average molecular weight is 252 g/mol. The average Bonchev–Trinajstić information content (AvgIpc) is 2.88. The van der Waals surface area contributed by atoms with Crippen molar-refractivity contribution in [3.63, 3.8) is 0 Å². The summed E-state index contributed by atoms with van der Waals surface area (Å²) in [6, 6.07) is 8.10. The van der Waals surface area contributed by atoms with Crippen molar-refractivity contribution in [3.8, 4) is 6.07 Å². The molecule has 1 aliphatic rings. The van der Waals surface area contributed by atoms with E-state index in [2.05, 4.69) is 33.5 Å². The van der Waals surface area contributed by atoms with E-state index in [0.717, 1.165) is 37.6 Å². The highest BCUT2D eigenvalue weighted by Gasteiger charge is 2.17. The molecule has 2 aromatic rings. The molecule has 4 heteroatoms. The van der Waals surface area contributed by atoms with Crippen LogP contribution in [0.25, 0.3) is 0 Å². The second kappa shape index (κ2) is 4.87. The van der Waals surface area contributed by atoms with Crippen LogP contribution in [0.5, 0.6) is 0 Å². The van der Waals surface area contributed by atoms with Gasteiger partial charge in [-0.3, -0.25) is 4.90 Å². The third-order valence-corrected chi connectivity index (χ3v) is 3.69. The normalized spacial score (nSPS) is 14.9. The van der Waals surface area contributed by atoms with Crippen LogP contribution in [-0.4, -0.2) is 21.0 Å². The second-order valence-corrected chi connectivity index (χ2v) is 5.00. The van der Waals surface area contributed by atoms with Crippen molar-refractivity contribution in [2.24, 2.45) is 0 Å². The summed E-state index contributed by atoms with van der Waals surface area (Å²) < 4.78 is 2.21. The fraction of sp³-hybridized carbons (Fsp3) is 0.333. The van der Waals surface area contributed by atoms with E-state index in [-0.39, 0.29) is 0 Å². The van der Waals surface area contributed by atoms with Gasteiger partial charge in [-0.2, -0.15) is 5.26 Å². The SMILES string of the molecule is Cc1cc(C#N)ccc1CN1CCn2ccnc2C1. The molecular formula is C15H16N4. The van der Waals surface area contributed by atoms with Crippen LogP contribution in [0.15, 0.2) is 30.6 Å². The Morgan fingerprint density at radius 3 is 3.05 bits per heavy atom. The maximum atomic E-state index is 8.89. The summed E-state index contributed by atoms with van der Waals surface area (Å²) in [5, 5.41) is 8.89. The van der Waals surface area contributed by atoms with Crippen molar-refractivity contribution in [1.82, 2.24) is 14.5 Å². The van der Waals surface area contributed by atoms with Gasteiger partial charge in [0.15, 0.2) is 0 Å². The summed E-state index contributed by atoms with van der Waals surface area (Å²) in [4.78, 5) is 6.78. The molecule has 0 atom stereocenters. The first-order chi connectivity index (χ1) is 9.26. The number of nitriles is 1. The van der Waals surface area contributed by atoms with Gasteiger partial charge in [-0.15, -0.1) is 0 Å². The van der Waals surface area contributed by atoms with Gasteiger partial charge in [0, 0.05) is 32.0 Å². The molecule has 1 aliphatic heterocycles. The monoisotopic (exact) mass is 252 g/mol. The first-order valence-corrected chi connectivity index (χ1v) is 6.48. The van der Waals surface area contributed by atoms with Gasteiger partial charge in [0.2, 0.25) is 0 Å². The molecule has 0 radical (unpaired) electrons. The van der Waals surface area contributed by atoms with Gasteiger partial charge in [-0.25, -0.2) is 4.98 Å². The van der Waals surface area contributed by atoms with Gasteiger partial charge in [-0.1, -0.05) is 6.07 Å². The Balaban J connectivity index is 1.75. The zero-order valence-corrected chi connectivity index (χ0v) is 11.0. The standard InChI is InChI=1S/C15H16N4/c1-12-8-13(9-16)2-3-14(12)10-18-6-7-19-5-4-17-15(19)11-18/h2-5,8H,6-7,10-11H2,1H3. The van der Waals surface area contributed by atoms with Crippen LogP contribution in [0.3, 0.4) is 0 Å². The van der Waals surface area contributed by atoms with Gasteiger partial charge in [0.05, 0.1) is 18.2 Å². The maximum absolute atomic E-state index is 8.89. The fourth-order valence-corrected chi connectivity index (χ4v) is 2.54. The number of aryl methyl sites for hydroxylation is 1. The van der Waals surface area contributed by atoms with E-state index in [9.17, 15) is 0 Å². The number of imidazole rings is 1. The van der Waals surface area contributed by atoms with Crippen LogP contribution in [0.2, 0.25) is 0 Å². The van der Waals surface area contributed by atoms with Crippen molar-refractivity contribution in [2.45, 2.75) is 26.6 Å². The van der Waals surface area contributed by atoms with Crippen LogP contribution in [0.1, 0.15) is 22.5 Å². The minimum Gasteiger partial charge on any atom is -0.333 e. The van der Waals surface area contributed by atoms with E-state index in [1.54, 1.807) is 0 Å². The molecule has 0 N–H and O–H groups in total. The van der Waals surface area contributed by atoms with Gasteiger partial charge in [-0.05, 0) is 30.2 Å². The molecule has 1 aromatic carbocycles. The molecule has 2 heterocycles. The summed E-state index contributed by atoms with van der Waals surface area (Å²) in [7, 11) is 0. The Kier molecular flexibility index (Phi) is 3.06. The van der Waals surface area contributed by atoms with Gasteiger partial charge in [0.1, 0.15) is 5.82 Å². The fourth-order valence-electron chi connectivity index (χ4n) is 2.54. The summed E-state index contributed by atoms with van der Waals surface area (Å²) in [5.41, 5.74) is 3.21. The number of hydrogen-bond acceptors (Lipinski definition) is 3. The Morgan fingerprint density at radius 2 is 2.26 bits per heavy atom. The number of hydrogen-bond donors (Lipinski definition) is 0. The number of benzene rings is 1. The molecule has 0 amide bonds. The Labute approximate surface area is 112 Å². The lowest BCUT2D eigenvalue weighted by atomic mass is 10.0. The van der Waals surface area contributed by atoms with Crippen LogP contribution in [-0.2, 0) is 19.6 Å². The predicted molar refractivity (Wildman–Crippen MR) is 72.2 cm³/mol. The lowest BCUT2D eigenvalue weighted by molar-refractivity contribution is 0.208. The highest BCUT2D eigenvalue weighted by Crippen LogP contribution is 2.17. The first kappa shape index (κ1) is 11.9. The zero-order valence-electron chi connectivity index (χ0n) is 11.0. The van der Waals surface area contributed by atoms with Crippen molar-refractivity contribution in [2.75, 3.05) is 6.54 Å². The van der Waals surface area contributed by atoms with Gasteiger partial charge >= 0.3 is 0 Å². The van der Waals surface area contributed by atoms with E-state index in [4.69, 9.17) is 5.26 Å². The van der Waals surface area contributed by atoms with Crippen LogP contribution in [0.4, 0.5) is 0 Å². The molecule has 0 bridgehead atoms. The molecule has 0 saturated carbocycles. The zero-order chi connectivity index (χ0) is 13.2. The topological polar surface area (TPSA) is 44.9 Å². The Hall–Kier alpha value is -2.12. The van der Waals surface area contributed by atoms with Gasteiger partial charge in [0.25, 0.3) is 0 Å². The van der Waals surface area contributed by atoms with Gasteiger partial charge < -0.3 is 4.57 Å². The molecule has 0 saturated heterocycles. The van der Waals surface area contributed by atoms with Crippen LogP contribution in [0, 0.1) is 18.3 Å². The number of rotatable bonds is 2. The highest BCUT2D eigenvalue weighted by molar-refractivity contribution is 5.37. The van der Waals surface area contributed by atoms with E-state index in [1.165, 1.54) is 11.1 Å². The quantitative estimate of drug-likeness (QED) is 0.822. The molecule has 0 fully saturated rings. The summed E-state index contributed by atoms with van der Waals surface area (Å²) in [6.45, 7) is 5.94. The molecule has 0 spiro atoms. The Bertz CT molecular complexity index is 636. The van der Waals surface area contributed by atoms with Crippen molar-refractivity contribution < 1.29 is 0 Å². The van der Waals surface area contributed by atoms with E-state index < -0.39 is 0 Å². The number of aromatic nitrogens is 2. The lowest BCUT2D eigenvalue weighted by Gasteiger charge is -2.28. The lowest BCUT2D eigenvalue weighted by Crippen LogP contribution is -2.33. The van der Waals surface area contributed by atoms with E-state index in [1.807, 2.05) is 24.5 Å².